The van der Waals surface area contributed by atoms with E-state index in [-0.39, 0.29) is 23.4 Å². The van der Waals surface area contributed by atoms with Crippen LogP contribution < -0.4 is 24.4 Å². The van der Waals surface area contributed by atoms with Gasteiger partial charge in [0.25, 0.3) is 5.56 Å². The summed E-state index contributed by atoms with van der Waals surface area (Å²) < 4.78 is 24.3. The lowest BCUT2D eigenvalue weighted by atomic mass is 9.95. The number of carbonyl (C=O) groups is 1. The number of thiazole rings is 1. The quantitative estimate of drug-likeness (QED) is 0.220. The molecule has 3 heterocycles. The highest BCUT2D eigenvalue weighted by atomic mass is 32.1. The molecule has 1 unspecified atom stereocenters. The number of furan rings is 1. The highest BCUT2D eigenvalue weighted by Gasteiger charge is 2.35. The Kier molecular flexibility index (Phi) is 7.71. The molecule has 11 heteroatoms. The van der Waals surface area contributed by atoms with Gasteiger partial charge in [-0.05, 0) is 74.0 Å². The zero-order valence-corrected chi connectivity index (χ0v) is 23.9. The van der Waals surface area contributed by atoms with Crippen LogP contribution in [0.2, 0.25) is 0 Å². The number of nitroso groups, excluding NO2 is 1. The van der Waals surface area contributed by atoms with Gasteiger partial charge < -0.3 is 18.6 Å². The van der Waals surface area contributed by atoms with Crippen LogP contribution in [0.4, 0.5) is 5.69 Å². The van der Waals surface area contributed by atoms with Crippen molar-refractivity contribution in [3.8, 4) is 22.8 Å². The van der Waals surface area contributed by atoms with Gasteiger partial charge in [0, 0.05) is 17.2 Å². The molecule has 41 heavy (non-hydrogen) atoms. The summed E-state index contributed by atoms with van der Waals surface area (Å²) in [6.07, 6.45) is 1.63. The normalized spacial score (nSPS) is 14.9. The number of aryl methyl sites for hydroxylation is 1. The lowest BCUT2D eigenvalue weighted by Crippen LogP contribution is -2.40. The first-order valence-corrected chi connectivity index (χ1v) is 13.6. The molecule has 4 aromatic rings. The van der Waals surface area contributed by atoms with Crippen molar-refractivity contribution < 1.29 is 23.4 Å². The van der Waals surface area contributed by atoms with Gasteiger partial charge in [0.1, 0.15) is 34.7 Å². The number of fused-ring (bicyclic) bond motifs is 1. The molecule has 0 saturated heterocycles. The van der Waals surface area contributed by atoms with E-state index in [1.54, 1.807) is 68.5 Å². The number of esters is 1. The zero-order valence-electron chi connectivity index (χ0n) is 23.1. The van der Waals surface area contributed by atoms with Crippen LogP contribution >= 0.6 is 11.3 Å². The minimum Gasteiger partial charge on any atom is -0.497 e. The molecule has 10 nitrogen and oxygen atoms in total. The fourth-order valence-corrected chi connectivity index (χ4v) is 5.80. The van der Waals surface area contributed by atoms with Gasteiger partial charge in [0.05, 0.1) is 36.6 Å². The lowest BCUT2D eigenvalue weighted by Gasteiger charge is -2.26. The highest BCUT2D eigenvalue weighted by Crippen LogP contribution is 2.38. The number of ether oxygens (including phenoxy) is 3. The maximum absolute atomic E-state index is 13.9. The maximum Gasteiger partial charge on any atom is 0.338 e. The monoisotopic (exact) mass is 573 g/mol. The van der Waals surface area contributed by atoms with E-state index < -0.39 is 12.0 Å². The molecule has 210 valence electrons. The summed E-state index contributed by atoms with van der Waals surface area (Å²) in [4.78, 5) is 43.2. The Morgan fingerprint density at radius 3 is 2.63 bits per heavy atom. The van der Waals surface area contributed by atoms with Crippen molar-refractivity contribution in [2.75, 3.05) is 20.8 Å². The summed E-state index contributed by atoms with van der Waals surface area (Å²) in [6.45, 7) is 5.50. The van der Waals surface area contributed by atoms with Crippen LogP contribution in [0, 0.1) is 11.8 Å². The van der Waals surface area contributed by atoms with Crippen molar-refractivity contribution in [1.29, 1.82) is 0 Å². The van der Waals surface area contributed by atoms with Crippen molar-refractivity contribution in [3.05, 3.63) is 101 Å². The lowest BCUT2D eigenvalue weighted by molar-refractivity contribution is -0.139. The molecule has 0 bridgehead atoms. The molecule has 1 atom stereocenters. The maximum atomic E-state index is 13.9. The van der Waals surface area contributed by atoms with Crippen molar-refractivity contribution in [1.82, 2.24) is 4.57 Å². The largest absolute Gasteiger partial charge is 0.497 e. The molecule has 1 aliphatic rings. The Morgan fingerprint density at radius 1 is 1.12 bits per heavy atom. The number of rotatable bonds is 8. The molecule has 0 aliphatic carbocycles. The van der Waals surface area contributed by atoms with Crippen molar-refractivity contribution in [2.24, 2.45) is 10.2 Å². The number of carbonyl (C=O) groups excluding carboxylic acids is 1. The summed E-state index contributed by atoms with van der Waals surface area (Å²) in [5, 5.41) is 3.01. The van der Waals surface area contributed by atoms with Crippen LogP contribution in [0.5, 0.6) is 11.5 Å². The Balaban J connectivity index is 1.68. The predicted octanol–water partition coefficient (Wildman–Crippen LogP) is 4.78. The van der Waals surface area contributed by atoms with Gasteiger partial charge in [-0.25, -0.2) is 9.79 Å². The van der Waals surface area contributed by atoms with E-state index in [4.69, 9.17) is 18.6 Å². The predicted molar refractivity (Wildman–Crippen MR) is 154 cm³/mol. The first-order chi connectivity index (χ1) is 19.8. The summed E-state index contributed by atoms with van der Waals surface area (Å²) >= 11 is 1.18. The van der Waals surface area contributed by atoms with Crippen LogP contribution in [0.25, 0.3) is 17.4 Å². The van der Waals surface area contributed by atoms with Crippen molar-refractivity contribution >= 4 is 29.1 Å². The highest BCUT2D eigenvalue weighted by molar-refractivity contribution is 7.07. The Labute approximate surface area is 238 Å². The van der Waals surface area contributed by atoms with E-state index in [0.717, 1.165) is 11.1 Å². The van der Waals surface area contributed by atoms with Crippen LogP contribution in [0.1, 0.15) is 36.8 Å². The van der Waals surface area contributed by atoms with E-state index in [2.05, 4.69) is 10.2 Å². The van der Waals surface area contributed by atoms with Crippen LogP contribution in [-0.4, -0.2) is 31.4 Å². The zero-order chi connectivity index (χ0) is 29.3. The summed E-state index contributed by atoms with van der Waals surface area (Å²) in [5.41, 5.74) is 2.78. The van der Waals surface area contributed by atoms with Crippen molar-refractivity contribution in [3.63, 3.8) is 0 Å². The van der Waals surface area contributed by atoms with Gasteiger partial charge in [0.2, 0.25) is 0 Å². The first-order valence-electron chi connectivity index (χ1n) is 12.7. The van der Waals surface area contributed by atoms with E-state index in [9.17, 15) is 14.5 Å². The van der Waals surface area contributed by atoms with Gasteiger partial charge >= 0.3 is 5.97 Å². The molecule has 0 radical (unpaired) electrons. The third kappa shape index (κ3) is 5.11. The van der Waals surface area contributed by atoms with Crippen LogP contribution in [0.3, 0.4) is 0 Å². The molecular formula is C30H27N3O7S. The number of hydrogen-bond acceptors (Lipinski definition) is 10. The summed E-state index contributed by atoms with van der Waals surface area (Å²) in [7, 11) is 3.06. The van der Waals surface area contributed by atoms with Crippen LogP contribution in [-0.2, 0) is 9.53 Å². The minimum atomic E-state index is -0.870. The number of allylic oxidation sites excluding steroid dienone is 1. The number of benzene rings is 2. The Bertz CT molecular complexity index is 1880. The Hall–Kier alpha value is -4.77. The second-order valence-electron chi connectivity index (χ2n) is 9.20. The van der Waals surface area contributed by atoms with Gasteiger partial charge in [-0.1, -0.05) is 17.4 Å². The topological polar surface area (TPSA) is 122 Å². The number of hydrogen-bond donors (Lipinski definition) is 0. The first kappa shape index (κ1) is 27.8. The fraction of sp³-hybridized carbons (Fsp3) is 0.233. The van der Waals surface area contributed by atoms with E-state index in [1.165, 1.54) is 30.1 Å². The molecule has 5 rings (SSSR count). The molecule has 0 fully saturated rings. The number of aromatic nitrogens is 1. The van der Waals surface area contributed by atoms with E-state index in [1.807, 2.05) is 6.92 Å². The summed E-state index contributed by atoms with van der Waals surface area (Å²) in [5.74, 6) is 1.40. The smallest absolute Gasteiger partial charge is 0.338 e. The molecule has 1 aliphatic heterocycles. The van der Waals surface area contributed by atoms with Gasteiger partial charge in [-0.3, -0.25) is 9.36 Å². The third-order valence-electron chi connectivity index (χ3n) is 6.74. The fourth-order valence-electron chi connectivity index (χ4n) is 4.78. The van der Waals surface area contributed by atoms with E-state index in [0.29, 0.717) is 43.6 Å². The van der Waals surface area contributed by atoms with Crippen molar-refractivity contribution in [2.45, 2.75) is 26.8 Å². The molecule has 0 saturated carbocycles. The minimum absolute atomic E-state index is 0.161. The molecule has 2 aromatic heterocycles. The van der Waals surface area contributed by atoms with E-state index >= 15 is 0 Å². The number of nitrogens with zero attached hydrogens (tertiary/aromatic N) is 3. The van der Waals surface area contributed by atoms with Gasteiger partial charge in [-0.2, -0.15) is 0 Å². The second-order valence-corrected chi connectivity index (χ2v) is 10.2. The molecule has 0 amide bonds. The van der Waals surface area contributed by atoms with Gasteiger partial charge in [0.15, 0.2) is 4.80 Å². The SMILES string of the molecule is CCOC(=O)C1=C(C)N=c2s/c(=C\c3ccc(-c4cc(N=O)ccc4C)o3)c(=O)n2C1c1cc(OC)ccc1OC. The van der Waals surface area contributed by atoms with Gasteiger partial charge in [-0.15, -0.1) is 4.91 Å². The molecule has 0 N–H and O–H groups in total. The average Bonchev–Trinajstić information content (AvgIpc) is 3.56. The average molecular weight is 574 g/mol. The Morgan fingerprint density at radius 2 is 1.93 bits per heavy atom. The molecule has 0 spiro atoms. The second kappa shape index (κ2) is 11.4. The standard InChI is InChI=1S/C30H27N3O7S/c1-6-39-29(35)26-17(3)31-30-33(27(26)22-14-19(37-4)9-11-23(22)38-5)28(34)25(41-30)15-20-10-12-24(40-20)21-13-18(32-36)8-7-16(21)2/h7-15,27H,6H2,1-5H3/b25-15-. The molecular weight excluding hydrogens is 546 g/mol. The number of methoxy groups -OCH3 is 2. The van der Waals surface area contributed by atoms with Crippen LogP contribution in [0.15, 0.2) is 79.2 Å². The third-order valence-corrected chi connectivity index (χ3v) is 7.72. The summed E-state index contributed by atoms with van der Waals surface area (Å²) in [6, 6.07) is 12.9. The molecule has 2 aromatic carbocycles.